The van der Waals surface area contributed by atoms with Gasteiger partial charge in [0.1, 0.15) is 0 Å². The van der Waals surface area contributed by atoms with Crippen molar-refractivity contribution >= 4 is 20.0 Å². The fourth-order valence-corrected chi connectivity index (χ4v) is 3.07. The van der Waals surface area contributed by atoms with Gasteiger partial charge >= 0.3 is 0 Å². The Morgan fingerprint density at radius 3 is 2.18 bits per heavy atom. The Balaban J connectivity index is 2.29. The van der Waals surface area contributed by atoms with Crippen LogP contribution in [-0.4, -0.2) is 58.8 Å². The van der Waals surface area contributed by atoms with Crippen LogP contribution in [0.5, 0.6) is 0 Å². The number of hydrogen-bond donors (Lipinski definition) is 2. The molecule has 0 unspecified atom stereocenters. The number of primary sulfonamides is 1. The van der Waals surface area contributed by atoms with Crippen LogP contribution >= 0.6 is 0 Å². The molecular formula is C8H19N3O4S2. The Hall–Kier alpha value is -0.220. The van der Waals surface area contributed by atoms with Gasteiger partial charge in [0.05, 0.1) is 12.0 Å². The van der Waals surface area contributed by atoms with Crippen LogP contribution in [0.4, 0.5) is 0 Å². The largest absolute Gasteiger partial charge is 0.313 e. The van der Waals surface area contributed by atoms with Crippen LogP contribution in [0.1, 0.15) is 12.8 Å². The van der Waals surface area contributed by atoms with Crippen molar-refractivity contribution in [2.24, 2.45) is 5.14 Å². The van der Waals surface area contributed by atoms with E-state index in [0.29, 0.717) is 32.5 Å². The molecular weight excluding hydrogens is 266 g/mol. The number of rotatable bonds is 5. The molecule has 1 rings (SSSR count). The summed E-state index contributed by atoms with van der Waals surface area (Å²) in [4.78, 5) is 0. The van der Waals surface area contributed by atoms with E-state index in [4.69, 9.17) is 5.14 Å². The van der Waals surface area contributed by atoms with Crippen LogP contribution in [-0.2, 0) is 20.0 Å². The summed E-state index contributed by atoms with van der Waals surface area (Å²) >= 11 is 0. The minimum atomic E-state index is -3.43. The van der Waals surface area contributed by atoms with Gasteiger partial charge in [-0.05, 0) is 12.8 Å². The van der Waals surface area contributed by atoms with Crippen molar-refractivity contribution in [3.8, 4) is 0 Å². The van der Waals surface area contributed by atoms with E-state index >= 15 is 0 Å². The highest BCUT2D eigenvalue weighted by atomic mass is 32.2. The molecule has 0 radical (unpaired) electrons. The van der Waals surface area contributed by atoms with E-state index in [1.165, 1.54) is 10.6 Å². The zero-order valence-electron chi connectivity index (χ0n) is 9.79. The van der Waals surface area contributed by atoms with E-state index in [-0.39, 0.29) is 11.8 Å². The number of hydrogen-bond acceptors (Lipinski definition) is 5. The van der Waals surface area contributed by atoms with E-state index in [1.54, 1.807) is 0 Å². The third-order valence-corrected chi connectivity index (χ3v) is 4.82. The van der Waals surface area contributed by atoms with Crippen LogP contribution in [0.15, 0.2) is 0 Å². The SMILES string of the molecule is CS(=O)(=O)N1CCC(NCCS(N)(=O)=O)CC1. The Labute approximate surface area is 102 Å². The molecule has 0 aromatic carbocycles. The fourth-order valence-electron chi connectivity index (χ4n) is 1.80. The second-order valence-corrected chi connectivity index (χ2v) is 7.97. The first-order valence-electron chi connectivity index (χ1n) is 5.37. The predicted octanol–water partition coefficient (Wildman–Crippen LogP) is -1.71. The van der Waals surface area contributed by atoms with Gasteiger partial charge in [0, 0.05) is 25.7 Å². The highest BCUT2D eigenvalue weighted by molar-refractivity contribution is 7.89. The molecule has 1 heterocycles. The molecule has 1 aliphatic rings. The lowest BCUT2D eigenvalue weighted by Crippen LogP contribution is -2.45. The summed E-state index contributed by atoms with van der Waals surface area (Å²) in [7, 11) is -6.53. The number of nitrogens with one attached hydrogen (secondary N) is 1. The summed E-state index contributed by atoms with van der Waals surface area (Å²) in [5, 5.41) is 7.94. The highest BCUT2D eigenvalue weighted by Gasteiger charge is 2.24. The quantitative estimate of drug-likeness (QED) is 0.625. The fraction of sp³-hybridized carbons (Fsp3) is 1.00. The summed E-state index contributed by atoms with van der Waals surface area (Å²) in [5.74, 6) is -0.0979. The lowest BCUT2D eigenvalue weighted by Gasteiger charge is -2.30. The van der Waals surface area contributed by atoms with E-state index in [0.717, 1.165) is 0 Å². The molecule has 0 bridgehead atoms. The van der Waals surface area contributed by atoms with Crippen LogP contribution in [0.25, 0.3) is 0 Å². The molecule has 0 aliphatic carbocycles. The Morgan fingerprint density at radius 2 is 1.76 bits per heavy atom. The van der Waals surface area contributed by atoms with E-state index in [1.807, 2.05) is 0 Å². The molecule has 0 spiro atoms. The minimum absolute atomic E-state index is 0.0979. The van der Waals surface area contributed by atoms with Gasteiger partial charge in [-0.25, -0.2) is 26.3 Å². The first kappa shape index (κ1) is 14.8. The first-order valence-corrected chi connectivity index (χ1v) is 8.94. The molecule has 0 amide bonds. The van der Waals surface area contributed by atoms with Gasteiger partial charge in [-0.1, -0.05) is 0 Å². The van der Waals surface area contributed by atoms with E-state index in [2.05, 4.69) is 5.32 Å². The molecule has 3 N–H and O–H groups in total. The van der Waals surface area contributed by atoms with Crippen LogP contribution < -0.4 is 10.5 Å². The average Bonchev–Trinajstić information content (AvgIpc) is 2.15. The molecule has 0 aromatic heterocycles. The van der Waals surface area contributed by atoms with E-state index < -0.39 is 20.0 Å². The summed E-state index contributed by atoms with van der Waals surface area (Å²) in [6.07, 6.45) is 2.58. The molecule has 0 atom stereocenters. The molecule has 1 saturated heterocycles. The molecule has 1 fully saturated rings. The van der Waals surface area contributed by atoms with Crippen molar-refractivity contribution < 1.29 is 16.8 Å². The second kappa shape index (κ2) is 5.61. The van der Waals surface area contributed by atoms with E-state index in [9.17, 15) is 16.8 Å². The van der Waals surface area contributed by atoms with Crippen LogP contribution in [0, 0.1) is 0 Å². The number of nitrogens with zero attached hydrogens (tertiary/aromatic N) is 1. The molecule has 102 valence electrons. The number of piperidine rings is 1. The average molecular weight is 285 g/mol. The maximum Gasteiger partial charge on any atom is 0.211 e. The van der Waals surface area contributed by atoms with Crippen molar-refractivity contribution in [1.82, 2.24) is 9.62 Å². The van der Waals surface area contributed by atoms with Crippen molar-refractivity contribution in [1.29, 1.82) is 0 Å². The lowest BCUT2D eigenvalue weighted by atomic mass is 10.1. The maximum atomic E-state index is 11.2. The van der Waals surface area contributed by atoms with Gasteiger partial charge < -0.3 is 5.32 Å². The van der Waals surface area contributed by atoms with Gasteiger partial charge in [-0.3, -0.25) is 0 Å². The summed E-state index contributed by atoms with van der Waals surface area (Å²) in [5.41, 5.74) is 0. The zero-order valence-corrected chi connectivity index (χ0v) is 11.4. The first-order chi connectivity index (χ1) is 7.68. The molecule has 17 heavy (non-hydrogen) atoms. The lowest BCUT2D eigenvalue weighted by molar-refractivity contribution is 0.294. The Morgan fingerprint density at radius 1 is 1.24 bits per heavy atom. The van der Waals surface area contributed by atoms with Crippen LogP contribution in [0.3, 0.4) is 0 Å². The van der Waals surface area contributed by atoms with Crippen LogP contribution in [0.2, 0.25) is 0 Å². The van der Waals surface area contributed by atoms with Crippen molar-refractivity contribution in [3.63, 3.8) is 0 Å². The third kappa shape index (κ3) is 5.77. The Bertz CT molecular complexity index is 435. The summed E-state index contributed by atoms with van der Waals surface area (Å²) < 4.78 is 45.3. The molecule has 7 nitrogen and oxygen atoms in total. The monoisotopic (exact) mass is 285 g/mol. The Kier molecular flexibility index (Phi) is 4.90. The maximum absolute atomic E-state index is 11.2. The van der Waals surface area contributed by atoms with Gasteiger partial charge in [0.2, 0.25) is 20.0 Å². The normalized spacial score (nSPS) is 20.6. The van der Waals surface area contributed by atoms with Gasteiger partial charge in [-0.15, -0.1) is 0 Å². The van der Waals surface area contributed by atoms with Gasteiger partial charge in [-0.2, -0.15) is 0 Å². The topological polar surface area (TPSA) is 110 Å². The molecule has 9 heteroatoms. The van der Waals surface area contributed by atoms with Crippen molar-refractivity contribution in [2.75, 3.05) is 31.6 Å². The second-order valence-electron chi connectivity index (χ2n) is 4.26. The van der Waals surface area contributed by atoms with Gasteiger partial charge in [0.15, 0.2) is 0 Å². The molecule has 0 aromatic rings. The van der Waals surface area contributed by atoms with Gasteiger partial charge in [0.25, 0.3) is 0 Å². The molecule has 1 aliphatic heterocycles. The smallest absolute Gasteiger partial charge is 0.211 e. The summed E-state index contributed by atoms with van der Waals surface area (Å²) in [6.45, 7) is 1.26. The number of sulfonamides is 2. The van der Waals surface area contributed by atoms with Crippen molar-refractivity contribution in [3.05, 3.63) is 0 Å². The molecule has 0 saturated carbocycles. The third-order valence-electron chi connectivity index (χ3n) is 2.74. The zero-order chi connectivity index (χ0) is 13.1. The minimum Gasteiger partial charge on any atom is -0.313 e. The highest BCUT2D eigenvalue weighted by Crippen LogP contribution is 2.12. The van der Waals surface area contributed by atoms with Crippen molar-refractivity contribution in [2.45, 2.75) is 18.9 Å². The standard InChI is InChI=1S/C8H19N3O4S2/c1-16(12,13)11-5-2-8(3-6-11)10-4-7-17(9,14)15/h8,10H,2-7H2,1H3,(H2,9,14,15). The predicted molar refractivity (Wildman–Crippen MR) is 65.4 cm³/mol. The number of nitrogens with two attached hydrogens (primary N) is 1. The summed E-state index contributed by atoms with van der Waals surface area (Å²) in [6, 6.07) is 0.162.